The van der Waals surface area contributed by atoms with Crippen molar-refractivity contribution >= 4 is 34.8 Å². The van der Waals surface area contributed by atoms with Gasteiger partial charge in [-0.2, -0.15) is 0 Å². The lowest BCUT2D eigenvalue weighted by atomic mass is 10.1. The number of rotatable bonds is 6. The van der Waals surface area contributed by atoms with Gasteiger partial charge < -0.3 is 19.8 Å². The average Bonchev–Trinajstić information content (AvgIpc) is 3.18. The van der Waals surface area contributed by atoms with Gasteiger partial charge in [-0.05, 0) is 55.0 Å². The molecule has 0 bridgehead atoms. The van der Waals surface area contributed by atoms with Crippen molar-refractivity contribution in [2.24, 2.45) is 0 Å². The van der Waals surface area contributed by atoms with Crippen molar-refractivity contribution in [3.05, 3.63) is 77.2 Å². The molecule has 0 atom stereocenters. The van der Waals surface area contributed by atoms with Crippen LogP contribution in [0.15, 0.2) is 65.3 Å². The third kappa shape index (κ3) is 4.89. The van der Waals surface area contributed by atoms with E-state index < -0.39 is 0 Å². The highest BCUT2D eigenvalue weighted by Gasteiger charge is 2.11. The van der Waals surface area contributed by atoms with Gasteiger partial charge in [-0.25, -0.2) is 0 Å². The molecule has 2 aromatic carbocycles. The quantitative estimate of drug-likeness (QED) is 0.655. The summed E-state index contributed by atoms with van der Waals surface area (Å²) in [6, 6.07) is 15.3. The Morgan fingerprint density at radius 2 is 1.89 bits per heavy atom. The van der Waals surface area contributed by atoms with Crippen LogP contribution in [0.4, 0.5) is 11.4 Å². The van der Waals surface area contributed by atoms with Gasteiger partial charge in [0.15, 0.2) is 12.4 Å². The van der Waals surface area contributed by atoms with E-state index in [4.69, 9.17) is 20.8 Å². The van der Waals surface area contributed by atoms with E-state index in [1.807, 2.05) is 6.92 Å². The van der Waals surface area contributed by atoms with Crippen LogP contribution in [0, 0.1) is 6.92 Å². The summed E-state index contributed by atoms with van der Waals surface area (Å²) < 4.78 is 10.5. The van der Waals surface area contributed by atoms with E-state index in [9.17, 15) is 9.59 Å². The number of hydrogen-bond acceptors (Lipinski definition) is 4. The van der Waals surface area contributed by atoms with Crippen molar-refractivity contribution in [2.75, 3.05) is 17.2 Å². The maximum atomic E-state index is 12.1. The van der Waals surface area contributed by atoms with Crippen molar-refractivity contribution in [2.45, 2.75) is 6.92 Å². The minimum absolute atomic E-state index is 0.167. The molecule has 0 aliphatic rings. The fraction of sp³-hybridized carbons (Fsp3) is 0.100. The fourth-order valence-electron chi connectivity index (χ4n) is 2.38. The summed E-state index contributed by atoms with van der Waals surface area (Å²) in [4.78, 5) is 24.1. The molecule has 0 aliphatic carbocycles. The van der Waals surface area contributed by atoms with Gasteiger partial charge in [-0.1, -0.05) is 23.7 Å². The smallest absolute Gasteiger partial charge is 0.291 e. The van der Waals surface area contributed by atoms with Crippen LogP contribution in [0.3, 0.4) is 0 Å². The van der Waals surface area contributed by atoms with E-state index in [0.717, 1.165) is 5.56 Å². The zero-order valence-electron chi connectivity index (χ0n) is 14.5. The average molecular weight is 385 g/mol. The molecule has 3 rings (SSSR count). The van der Waals surface area contributed by atoms with Gasteiger partial charge in [0.25, 0.3) is 11.8 Å². The molecule has 0 spiro atoms. The Labute approximate surface area is 161 Å². The molecule has 6 nitrogen and oxygen atoms in total. The van der Waals surface area contributed by atoms with Crippen LogP contribution in [0.1, 0.15) is 16.1 Å². The molecular weight excluding hydrogens is 368 g/mol. The Bertz CT molecular complexity index is 954. The highest BCUT2D eigenvalue weighted by molar-refractivity contribution is 6.32. The number of para-hydroxylation sites is 1. The van der Waals surface area contributed by atoms with Crippen molar-refractivity contribution in [1.29, 1.82) is 0 Å². The number of amides is 2. The lowest BCUT2D eigenvalue weighted by Crippen LogP contribution is -2.20. The lowest BCUT2D eigenvalue weighted by Gasteiger charge is -2.11. The SMILES string of the molecule is Cc1cc(NC(=O)COc2ccccc2Cl)ccc1NC(=O)c1ccco1. The summed E-state index contributed by atoms with van der Waals surface area (Å²) >= 11 is 5.99. The van der Waals surface area contributed by atoms with Crippen LogP contribution in [0.5, 0.6) is 5.75 Å². The van der Waals surface area contributed by atoms with Crippen molar-refractivity contribution in [3.8, 4) is 5.75 Å². The lowest BCUT2D eigenvalue weighted by molar-refractivity contribution is -0.118. The second-order valence-electron chi connectivity index (χ2n) is 5.73. The first-order valence-corrected chi connectivity index (χ1v) is 8.53. The van der Waals surface area contributed by atoms with Gasteiger partial charge >= 0.3 is 0 Å². The van der Waals surface area contributed by atoms with Crippen molar-refractivity contribution in [3.63, 3.8) is 0 Å². The number of anilines is 2. The van der Waals surface area contributed by atoms with Gasteiger partial charge in [0.1, 0.15) is 5.75 Å². The third-order valence-corrected chi connectivity index (χ3v) is 4.01. The van der Waals surface area contributed by atoms with E-state index in [2.05, 4.69) is 10.6 Å². The minimum atomic E-state index is -0.340. The Morgan fingerprint density at radius 3 is 2.59 bits per heavy atom. The van der Waals surface area contributed by atoms with Crippen LogP contribution in [-0.2, 0) is 4.79 Å². The highest BCUT2D eigenvalue weighted by atomic mass is 35.5. The summed E-state index contributed by atoms with van der Waals surface area (Å²) in [6.07, 6.45) is 1.44. The molecule has 2 amide bonds. The zero-order chi connectivity index (χ0) is 19.2. The van der Waals surface area contributed by atoms with Crippen LogP contribution < -0.4 is 15.4 Å². The van der Waals surface area contributed by atoms with Crippen LogP contribution in [0.2, 0.25) is 5.02 Å². The molecule has 0 radical (unpaired) electrons. The third-order valence-electron chi connectivity index (χ3n) is 3.70. The minimum Gasteiger partial charge on any atom is -0.482 e. The molecule has 138 valence electrons. The molecular formula is C20H17ClN2O4. The van der Waals surface area contributed by atoms with Gasteiger partial charge in [-0.15, -0.1) is 0 Å². The van der Waals surface area contributed by atoms with Gasteiger partial charge in [0, 0.05) is 11.4 Å². The first-order chi connectivity index (χ1) is 13.0. The number of furan rings is 1. The fourth-order valence-corrected chi connectivity index (χ4v) is 2.57. The first-order valence-electron chi connectivity index (χ1n) is 8.15. The Hall–Kier alpha value is -3.25. The second-order valence-corrected chi connectivity index (χ2v) is 6.14. The van der Waals surface area contributed by atoms with Crippen LogP contribution >= 0.6 is 11.6 Å². The second kappa shape index (κ2) is 8.42. The monoisotopic (exact) mass is 384 g/mol. The molecule has 7 heteroatoms. The Balaban J connectivity index is 1.57. The number of halogens is 1. The van der Waals surface area contributed by atoms with Crippen LogP contribution in [0.25, 0.3) is 0 Å². The molecule has 3 aromatic rings. The van der Waals surface area contributed by atoms with E-state index in [-0.39, 0.29) is 24.2 Å². The van der Waals surface area contributed by atoms with E-state index in [0.29, 0.717) is 22.1 Å². The maximum Gasteiger partial charge on any atom is 0.291 e. The molecule has 1 heterocycles. The van der Waals surface area contributed by atoms with E-state index in [1.165, 1.54) is 6.26 Å². The Morgan fingerprint density at radius 1 is 1.07 bits per heavy atom. The summed E-state index contributed by atoms with van der Waals surface area (Å²) in [7, 11) is 0. The van der Waals surface area contributed by atoms with Crippen molar-refractivity contribution in [1.82, 2.24) is 0 Å². The molecule has 0 saturated carbocycles. The molecule has 0 aliphatic heterocycles. The summed E-state index contributed by atoms with van der Waals surface area (Å²) in [5, 5.41) is 5.95. The largest absolute Gasteiger partial charge is 0.482 e. The topological polar surface area (TPSA) is 80.6 Å². The number of carbonyl (C=O) groups excluding carboxylic acids is 2. The predicted molar refractivity (Wildman–Crippen MR) is 103 cm³/mol. The Kier molecular flexibility index (Phi) is 5.78. The van der Waals surface area contributed by atoms with E-state index in [1.54, 1.807) is 54.6 Å². The summed E-state index contributed by atoms with van der Waals surface area (Å²) in [5.74, 6) is 0.0136. The number of ether oxygens (including phenoxy) is 1. The zero-order valence-corrected chi connectivity index (χ0v) is 15.2. The van der Waals surface area contributed by atoms with Gasteiger partial charge in [0.2, 0.25) is 0 Å². The predicted octanol–water partition coefficient (Wildman–Crippen LogP) is 4.51. The summed E-state index contributed by atoms with van der Waals surface area (Å²) in [5.41, 5.74) is 2.01. The molecule has 27 heavy (non-hydrogen) atoms. The van der Waals surface area contributed by atoms with Crippen LogP contribution in [-0.4, -0.2) is 18.4 Å². The molecule has 0 unspecified atom stereocenters. The van der Waals surface area contributed by atoms with Gasteiger partial charge in [0.05, 0.1) is 11.3 Å². The normalized spacial score (nSPS) is 10.3. The molecule has 2 N–H and O–H groups in total. The first kappa shape index (κ1) is 18.5. The number of benzene rings is 2. The van der Waals surface area contributed by atoms with Crippen molar-refractivity contribution < 1.29 is 18.7 Å². The standard InChI is InChI=1S/C20H17ClN2O4/c1-13-11-14(8-9-16(13)23-20(25)18-7-4-10-26-18)22-19(24)12-27-17-6-3-2-5-15(17)21/h2-11H,12H2,1H3,(H,22,24)(H,23,25). The molecule has 1 aromatic heterocycles. The summed E-state index contributed by atoms with van der Waals surface area (Å²) in [6.45, 7) is 1.66. The number of hydrogen-bond donors (Lipinski definition) is 2. The number of carbonyl (C=O) groups is 2. The van der Waals surface area contributed by atoms with Gasteiger partial charge in [-0.3, -0.25) is 9.59 Å². The molecule has 0 saturated heterocycles. The number of aryl methyl sites for hydroxylation is 1. The van der Waals surface area contributed by atoms with E-state index >= 15 is 0 Å². The molecule has 0 fully saturated rings. The highest BCUT2D eigenvalue weighted by Crippen LogP contribution is 2.23. The number of nitrogens with one attached hydrogen (secondary N) is 2. The maximum absolute atomic E-state index is 12.1.